The summed E-state index contributed by atoms with van der Waals surface area (Å²) in [6, 6.07) is 3.60. The monoisotopic (exact) mass is 248 g/mol. The molecule has 2 heterocycles. The number of hydrogen-bond donors (Lipinski definition) is 1. The summed E-state index contributed by atoms with van der Waals surface area (Å²) in [7, 11) is 0. The first-order valence-corrected chi connectivity index (χ1v) is 5.89. The van der Waals surface area contributed by atoms with E-state index in [4.69, 9.17) is 4.42 Å². The maximum atomic E-state index is 11.8. The summed E-state index contributed by atoms with van der Waals surface area (Å²) in [4.78, 5) is 25.2. The third kappa shape index (κ3) is 2.80. The molecule has 18 heavy (non-hydrogen) atoms. The highest BCUT2D eigenvalue weighted by Crippen LogP contribution is 2.20. The highest BCUT2D eigenvalue weighted by atomic mass is 16.3. The fourth-order valence-electron chi connectivity index (χ4n) is 2.01. The molecule has 0 unspecified atom stereocenters. The minimum atomic E-state index is -0.271. The van der Waals surface area contributed by atoms with E-state index >= 15 is 0 Å². The Morgan fingerprint density at radius 2 is 2.50 bits per heavy atom. The summed E-state index contributed by atoms with van der Waals surface area (Å²) in [6.45, 7) is 4.84. The van der Waals surface area contributed by atoms with E-state index in [-0.39, 0.29) is 24.2 Å². The summed E-state index contributed by atoms with van der Waals surface area (Å²) >= 11 is 0. The Labute approximate surface area is 105 Å². The van der Waals surface area contributed by atoms with Gasteiger partial charge in [-0.05, 0) is 12.1 Å². The number of nitrogens with one attached hydrogen (secondary N) is 1. The van der Waals surface area contributed by atoms with Crippen molar-refractivity contribution in [3.63, 3.8) is 0 Å². The molecule has 1 aliphatic rings. The van der Waals surface area contributed by atoms with Gasteiger partial charge in [0.15, 0.2) is 0 Å². The molecule has 1 aromatic heterocycles. The van der Waals surface area contributed by atoms with Crippen LogP contribution in [-0.4, -0.2) is 29.8 Å². The summed E-state index contributed by atoms with van der Waals surface area (Å²) in [6.07, 6.45) is 3.46. The Hall–Kier alpha value is -2.04. The molecule has 1 saturated heterocycles. The second-order valence-electron chi connectivity index (χ2n) is 4.29. The number of carbonyl (C=O) groups excluding carboxylic acids is 2. The number of carbonyl (C=O) groups is 2. The zero-order valence-electron chi connectivity index (χ0n) is 10.1. The van der Waals surface area contributed by atoms with Crippen LogP contribution in [0.15, 0.2) is 35.5 Å². The highest BCUT2D eigenvalue weighted by molar-refractivity contribution is 5.89. The van der Waals surface area contributed by atoms with Crippen molar-refractivity contribution >= 4 is 11.8 Å². The number of likely N-dealkylation sites (tertiary alicyclic amines) is 1. The molecule has 0 spiro atoms. The van der Waals surface area contributed by atoms with Crippen LogP contribution < -0.4 is 5.32 Å². The molecule has 1 N–H and O–H groups in total. The summed E-state index contributed by atoms with van der Waals surface area (Å²) < 4.78 is 5.20. The Bertz CT molecular complexity index is 439. The van der Waals surface area contributed by atoms with Gasteiger partial charge in [-0.15, -0.1) is 6.58 Å². The second-order valence-corrected chi connectivity index (χ2v) is 4.29. The summed E-state index contributed by atoms with van der Waals surface area (Å²) in [5, 5.41) is 2.71. The SMILES string of the molecule is C=CCNC(=O)[C@H]1CC(=O)N(Cc2ccco2)C1. The minimum Gasteiger partial charge on any atom is -0.467 e. The predicted octanol–water partition coefficient (Wildman–Crippen LogP) is 0.930. The topological polar surface area (TPSA) is 62.6 Å². The first kappa shape index (κ1) is 12.4. The molecule has 2 rings (SSSR count). The Morgan fingerprint density at radius 3 is 3.17 bits per heavy atom. The molecule has 1 fully saturated rings. The van der Waals surface area contributed by atoms with Gasteiger partial charge in [0.1, 0.15) is 5.76 Å². The van der Waals surface area contributed by atoms with Crippen LogP contribution >= 0.6 is 0 Å². The van der Waals surface area contributed by atoms with Crippen molar-refractivity contribution in [2.75, 3.05) is 13.1 Å². The smallest absolute Gasteiger partial charge is 0.225 e. The van der Waals surface area contributed by atoms with E-state index in [9.17, 15) is 9.59 Å². The van der Waals surface area contributed by atoms with Crippen molar-refractivity contribution in [1.82, 2.24) is 10.2 Å². The zero-order chi connectivity index (χ0) is 13.0. The van der Waals surface area contributed by atoms with Crippen LogP contribution in [-0.2, 0) is 16.1 Å². The molecule has 0 aromatic carbocycles. The van der Waals surface area contributed by atoms with Gasteiger partial charge in [-0.25, -0.2) is 0 Å². The van der Waals surface area contributed by atoms with Gasteiger partial charge >= 0.3 is 0 Å². The van der Waals surface area contributed by atoms with E-state index in [2.05, 4.69) is 11.9 Å². The van der Waals surface area contributed by atoms with E-state index in [0.717, 1.165) is 5.76 Å². The quantitative estimate of drug-likeness (QED) is 0.788. The molecule has 0 bridgehead atoms. The minimum absolute atomic E-state index is 0.00912. The van der Waals surface area contributed by atoms with Gasteiger partial charge in [-0.1, -0.05) is 6.08 Å². The highest BCUT2D eigenvalue weighted by Gasteiger charge is 2.34. The van der Waals surface area contributed by atoms with Crippen LogP contribution in [0.3, 0.4) is 0 Å². The molecule has 5 heteroatoms. The summed E-state index contributed by atoms with van der Waals surface area (Å²) in [5.41, 5.74) is 0. The van der Waals surface area contributed by atoms with Gasteiger partial charge in [0.2, 0.25) is 11.8 Å². The van der Waals surface area contributed by atoms with Crippen LogP contribution in [0.1, 0.15) is 12.2 Å². The Kier molecular flexibility index (Phi) is 3.82. The number of rotatable bonds is 5. The molecule has 0 saturated carbocycles. The van der Waals surface area contributed by atoms with Crippen molar-refractivity contribution in [3.8, 4) is 0 Å². The number of nitrogens with zero attached hydrogens (tertiary/aromatic N) is 1. The molecule has 96 valence electrons. The predicted molar refractivity (Wildman–Crippen MR) is 65.4 cm³/mol. The normalized spacial score (nSPS) is 19.0. The number of hydrogen-bond acceptors (Lipinski definition) is 3. The lowest BCUT2D eigenvalue weighted by Gasteiger charge is -2.14. The van der Waals surface area contributed by atoms with E-state index in [1.165, 1.54) is 0 Å². The van der Waals surface area contributed by atoms with Crippen LogP contribution in [0.4, 0.5) is 0 Å². The van der Waals surface area contributed by atoms with E-state index in [0.29, 0.717) is 19.6 Å². The standard InChI is InChI=1S/C13H16N2O3/c1-2-5-14-13(17)10-7-12(16)15(8-10)9-11-4-3-6-18-11/h2-4,6,10H,1,5,7-9H2,(H,14,17)/t10-/m0/s1. The van der Waals surface area contributed by atoms with E-state index in [1.807, 2.05) is 6.07 Å². The molecule has 5 nitrogen and oxygen atoms in total. The molecule has 1 aromatic rings. The Balaban J connectivity index is 1.90. The largest absolute Gasteiger partial charge is 0.467 e. The van der Waals surface area contributed by atoms with Crippen LogP contribution in [0.2, 0.25) is 0 Å². The molecule has 0 aliphatic carbocycles. The third-order valence-electron chi connectivity index (χ3n) is 2.93. The molecule has 0 radical (unpaired) electrons. The van der Waals surface area contributed by atoms with Crippen molar-refractivity contribution in [2.45, 2.75) is 13.0 Å². The van der Waals surface area contributed by atoms with Gasteiger partial charge in [0.05, 0.1) is 18.7 Å². The third-order valence-corrected chi connectivity index (χ3v) is 2.93. The van der Waals surface area contributed by atoms with Gasteiger partial charge in [-0.2, -0.15) is 0 Å². The van der Waals surface area contributed by atoms with Gasteiger partial charge in [-0.3, -0.25) is 9.59 Å². The maximum absolute atomic E-state index is 11.8. The van der Waals surface area contributed by atoms with Gasteiger partial charge < -0.3 is 14.6 Å². The number of furan rings is 1. The molecule has 1 atom stereocenters. The van der Waals surface area contributed by atoms with E-state index in [1.54, 1.807) is 23.3 Å². The van der Waals surface area contributed by atoms with Crippen LogP contribution in [0.5, 0.6) is 0 Å². The Morgan fingerprint density at radius 1 is 1.67 bits per heavy atom. The second kappa shape index (κ2) is 5.53. The average Bonchev–Trinajstić information content (AvgIpc) is 2.98. The van der Waals surface area contributed by atoms with E-state index < -0.39 is 0 Å². The molecule has 1 aliphatic heterocycles. The van der Waals surface area contributed by atoms with Gasteiger partial charge in [0.25, 0.3) is 0 Å². The lowest BCUT2D eigenvalue weighted by atomic mass is 10.1. The van der Waals surface area contributed by atoms with Crippen LogP contribution in [0, 0.1) is 5.92 Å². The van der Waals surface area contributed by atoms with Crippen molar-refractivity contribution in [2.24, 2.45) is 5.92 Å². The fourth-order valence-corrected chi connectivity index (χ4v) is 2.01. The van der Waals surface area contributed by atoms with Gasteiger partial charge in [0, 0.05) is 19.5 Å². The fraction of sp³-hybridized carbons (Fsp3) is 0.385. The van der Waals surface area contributed by atoms with Crippen molar-refractivity contribution in [1.29, 1.82) is 0 Å². The summed E-state index contributed by atoms with van der Waals surface area (Å²) in [5.74, 6) is 0.359. The van der Waals surface area contributed by atoms with Crippen molar-refractivity contribution < 1.29 is 14.0 Å². The molecular formula is C13H16N2O3. The molecular weight excluding hydrogens is 232 g/mol. The zero-order valence-corrected chi connectivity index (χ0v) is 10.1. The van der Waals surface area contributed by atoms with Crippen molar-refractivity contribution in [3.05, 3.63) is 36.8 Å². The van der Waals surface area contributed by atoms with Crippen LogP contribution in [0.25, 0.3) is 0 Å². The number of amides is 2. The first-order valence-electron chi connectivity index (χ1n) is 5.89. The maximum Gasteiger partial charge on any atom is 0.225 e. The molecule has 2 amide bonds. The first-order chi connectivity index (χ1) is 8.70. The average molecular weight is 248 g/mol. The lowest BCUT2D eigenvalue weighted by molar-refractivity contribution is -0.129. The lowest BCUT2D eigenvalue weighted by Crippen LogP contribution is -2.32.